The fraction of sp³-hybridized carbons (Fsp3) is 0.304. The summed E-state index contributed by atoms with van der Waals surface area (Å²) in [5.41, 5.74) is 10.4. The summed E-state index contributed by atoms with van der Waals surface area (Å²) in [4.78, 5) is 17.2. The summed E-state index contributed by atoms with van der Waals surface area (Å²) < 4.78 is 0. The second-order valence-corrected chi connectivity index (χ2v) is 9.99. The Morgan fingerprint density at radius 3 is 2.87 bits per heavy atom. The third kappa shape index (κ3) is 3.45. The number of anilines is 1. The minimum atomic E-state index is -0.399. The molecule has 1 atom stereocenters. The molecule has 0 saturated carbocycles. The van der Waals surface area contributed by atoms with Crippen molar-refractivity contribution in [2.75, 3.05) is 10.7 Å². The predicted molar refractivity (Wildman–Crippen MR) is 125 cm³/mol. The van der Waals surface area contributed by atoms with E-state index in [1.165, 1.54) is 0 Å². The molecule has 2 aliphatic rings. The number of halogens is 1. The van der Waals surface area contributed by atoms with Crippen LogP contribution in [0, 0.1) is 18.3 Å². The molecular formula is C23H22ClN3OS2. The highest BCUT2D eigenvalue weighted by molar-refractivity contribution is 7.99. The van der Waals surface area contributed by atoms with Gasteiger partial charge in [0.15, 0.2) is 5.78 Å². The maximum atomic E-state index is 13.2. The van der Waals surface area contributed by atoms with Crippen molar-refractivity contribution in [3.63, 3.8) is 0 Å². The van der Waals surface area contributed by atoms with Crippen molar-refractivity contribution in [1.82, 2.24) is 0 Å². The van der Waals surface area contributed by atoms with Crippen molar-refractivity contribution < 1.29 is 4.79 Å². The van der Waals surface area contributed by atoms with E-state index in [-0.39, 0.29) is 5.78 Å². The predicted octanol–water partition coefficient (Wildman–Crippen LogP) is 6.13. The van der Waals surface area contributed by atoms with Crippen LogP contribution in [0.1, 0.15) is 42.5 Å². The Kier molecular flexibility index (Phi) is 5.97. The van der Waals surface area contributed by atoms with E-state index in [4.69, 9.17) is 17.3 Å². The molecular weight excluding hydrogens is 434 g/mol. The van der Waals surface area contributed by atoms with Crippen molar-refractivity contribution in [2.45, 2.75) is 43.9 Å². The van der Waals surface area contributed by atoms with Gasteiger partial charge in [-0.05, 0) is 54.7 Å². The van der Waals surface area contributed by atoms with Crippen molar-refractivity contribution in [2.24, 2.45) is 5.73 Å². The SMILES string of the molecule is CCSc1ccsc1[C@H]1C(C#N)=C(N)N(c2ccc(C)c(Cl)c2)C2=C1C(=O)CCC2. The number of allylic oxidation sites excluding steroid dienone is 3. The largest absolute Gasteiger partial charge is 0.384 e. The molecule has 0 spiro atoms. The van der Waals surface area contributed by atoms with Crippen LogP contribution in [0.4, 0.5) is 5.69 Å². The van der Waals surface area contributed by atoms with E-state index in [0.29, 0.717) is 28.4 Å². The Labute approximate surface area is 190 Å². The second-order valence-electron chi connectivity index (χ2n) is 7.33. The van der Waals surface area contributed by atoms with E-state index in [1.54, 1.807) is 23.1 Å². The number of hydrogen-bond donors (Lipinski definition) is 1. The minimum Gasteiger partial charge on any atom is -0.384 e. The number of carbonyl (C=O) groups excluding carboxylic acids is 1. The summed E-state index contributed by atoms with van der Waals surface area (Å²) >= 11 is 9.71. The van der Waals surface area contributed by atoms with Crippen LogP contribution in [0.25, 0.3) is 0 Å². The molecule has 0 amide bonds. The number of thiophene rings is 1. The summed E-state index contributed by atoms with van der Waals surface area (Å²) in [5, 5.41) is 12.8. The van der Waals surface area contributed by atoms with Crippen LogP contribution in [0.15, 0.2) is 57.2 Å². The lowest BCUT2D eigenvalue weighted by atomic mass is 9.78. The number of nitriles is 1. The van der Waals surface area contributed by atoms with Crippen molar-refractivity contribution >= 4 is 46.2 Å². The number of nitrogens with two attached hydrogens (primary N) is 1. The molecule has 1 aromatic heterocycles. The average molecular weight is 456 g/mol. The molecule has 1 aliphatic carbocycles. The first-order valence-electron chi connectivity index (χ1n) is 9.90. The third-order valence-corrected chi connectivity index (χ3v) is 8.02. The molecule has 154 valence electrons. The first kappa shape index (κ1) is 21.0. The van der Waals surface area contributed by atoms with Crippen LogP contribution in [-0.4, -0.2) is 11.5 Å². The molecule has 0 fully saturated rings. The lowest BCUT2D eigenvalue weighted by molar-refractivity contribution is -0.116. The lowest BCUT2D eigenvalue weighted by Gasteiger charge is -2.39. The Hall–Kier alpha value is -2.20. The smallest absolute Gasteiger partial charge is 0.161 e. The number of hydrogen-bond acceptors (Lipinski definition) is 6. The van der Waals surface area contributed by atoms with Gasteiger partial charge < -0.3 is 5.73 Å². The highest BCUT2D eigenvalue weighted by Gasteiger charge is 2.41. The summed E-state index contributed by atoms with van der Waals surface area (Å²) in [7, 11) is 0. The first-order chi connectivity index (χ1) is 14.5. The lowest BCUT2D eigenvalue weighted by Crippen LogP contribution is -2.38. The number of rotatable bonds is 4. The molecule has 0 bridgehead atoms. The van der Waals surface area contributed by atoms with Gasteiger partial charge in [0.1, 0.15) is 5.82 Å². The Balaban J connectivity index is 1.96. The maximum Gasteiger partial charge on any atom is 0.161 e. The van der Waals surface area contributed by atoms with Gasteiger partial charge in [-0.15, -0.1) is 23.1 Å². The van der Waals surface area contributed by atoms with E-state index < -0.39 is 5.92 Å². The Bertz CT molecular complexity index is 1130. The van der Waals surface area contributed by atoms with Crippen LogP contribution >= 0.6 is 34.7 Å². The van der Waals surface area contributed by atoms with Crippen LogP contribution in [-0.2, 0) is 4.79 Å². The number of Topliss-reactive ketones (excluding diaryl/α,β-unsaturated/α-hetero) is 1. The number of thioether (sulfide) groups is 1. The number of aryl methyl sites for hydroxylation is 1. The van der Waals surface area contributed by atoms with Crippen molar-refractivity contribution in [1.29, 1.82) is 5.26 Å². The van der Waals surface area contributed by atoms with E-state index in [9.17, 15) is 10.1 Å². The van der Waals surface area contributed by atoms with E-state index in [2.05, 4.69) is 19.1 Å². The van der Waals surface area contributed by atoms with Crippen LogP contribution in [0.5, 0.6) is 0 Å². The number of nitrogens with zero attached hydrogens (tertiary/aromatic N) is 2. The van der Waals surface area contributed by atoms with Gasteiger partial charge in [-0.25, -0.2) is 0 Å². The van der Waals surface area contributed by atoms with Crippen molar-refractivity contribution in [3.8, 4) is 6.07 Å². The summed E-state index contributed by atoms with van der Waals surface area (Å²) in [6.07, 6.45) is 2.01. The Morgan fingerprint density at radius 1 is 1.37 bits per heavy atom. The van der Waals surface area contributed by atoms with Gasteiger partial charge in [0.25, 0.3) is 0 Å². The van der Waals surface area contributed by atoms with Gasteiger partial charge in [-0.1, -0.05) is 24.6 Å². The summed E-state index contributed by atoms with van der Waals surface area (Å²) in [6, 6.07) is 10.1. The van der Waals surface area contributed by atoms with Crippen molar-refractivity contribution in [3.05, 3.63) is 67.8 Å². The molecule has 2 aromatic rings. The zero-order chi connectivity index (χ0) is 21.4. The third-order valence-electron chi connectivity index (χ3n) is 5.55. The molecule has 0 unspecified atom stereocenters. The highest BCUT2D eigenvalue weighted by atomic mass is 35.5. The molecule has 30 heavy (non-hydrogen) atoms. The van der Waals surface area contributed by atoms with Gasteiger partial charge in [0.2, 0.25) is 0 Å². The topological polar surface area (TPSA) is 70.1 Å². The maximum absolute atomic E-state index is 13.2. The van der Waals surface area contributed by atoms with Crippen LogP contribution in [0.3, 0.4) is 0 Å². The average Bonchev–Trinajstić information content (AvgIpc) is 3.18. The number of carbonyl (C=O) groups is 1. The molecule has 7 heteroatoms. The first-order valence-corrected chi connectivity index (χ1v) is 12.1. The fourth-order valence-corrected chi connectivity index (χ4v) is 6.38. The second kappa shape index (κ2) is 8.50. The van der Waals surface area contributed by atoms with E-state index >= 15 is 0 Å². The highest BCUT2D eigenvalue weighted by Crippen LogP contribution is 2.49. The molecule has 1 aromatic carbocycles. The summed E-state index contributed by atoms with van der Waals surface area (Å²) in [5.74, 6) is 1.01. The monoisotopic (exact) mass is 455 g/mol. The molecule has 4 nitrogen and oxygen atoms in total. The van der Waals surface area contributed by atoms with Crippen LogP contribution < -0.4 is 10.6 Å². The quantitative estimate of drug-likeness (QED) is 0.561. The summed E-state index contributed by atoms with van der Waals surface area (Å²) in [6.45, 7) is 4.04. The van der Waals surface area contributed by atoms with Gasteiger partial charge in [0.05, 0.1) is 17.6 Å². The van der Waals surface area contributed by atoms with E-state index in [0.717, 1.165) is 45.3 Å². The molecule has 0 saturated heterocycles. The fourth-order valence-electron chi connectivity index (χ4n) is 4.16. The Morgan fingerprint density at radius 2 is 2.17 bits per heavy atom. The molecule has 0 radical (unpaired) electrons. The van der Waals surface area contributed by atoms with Gasteiger partial charge in [0, 0.05) is 38.2 Å². The molecule has 1 aliphatic heterocycles. The van der Waals surface area contributed by atoms with Gasteiger partial charge in [-0.3, -0.25) is 9.69 Å². The normalized spacial score (nSPS) is 19.2. The standard InChI is InChI=1S/C23H22ClN3OS2/c1-3-29-19-9-10-30-22(19)20-15(12-25)23(26)27(14-8-7-13(2)16(24)11-14)17-5-4-6-18(28)21(17)20/h7-11,20H,3-6,26H2,1-2H3/t20-/m0/s1. The van der Waals surface area contributed by atoms with E-state index in [1.807, 2.05) is 35.4 Å². The van der Waals surface area contributed by atoms with Gasteiger partial charge >= 0.3 is 0 Å². The molecule has 2 N–H and O–H groups in total. The number of ketones is 1. The molecule has 4 rings (SSSR count). The zero-order valence-electron chi connectivity index (χ0n) is 16.9. The minimum absolute atomic E-state index is 0.102. The molecule has 2 heterocycles. The van der Waals surface area contributed by atoms with Crippen LogP contribution in [0.2, 0.25) is 5.02 Å². The zero-order valence-corrected chi connectivity index (χ0v) is 19.3. The van der Waals surface area contributed by atoms with Gasteiger partial charge in [-0.2, -0.15) is 5.26 Å². The number of benzene rings is 1.